The van der Waals surface area contributed by atoms with E-state index in [1.165, 1.54) is 0 Å². The number of hydrogen-bond donors (Lipinski definition) is 1. The molecule has 4 atom stereocenters. The summed E-state index contributed by atoms with van der Waals surface area (Å²) in [5.41, 5.74) is -2.18. The Morgan fingerprint density at radius 1 is 0.737 bits per heavy atom. The fourth-order valence-electron chi connectivity index (χ4n) is 5.49. The standard InChI is InChI=1S/C10HN5O19P4/c16-2-1-3-13-5(11-1)22-35(18)26-7-6(24-36(19,25-6)27-7)8(10(17)30-37(20,28-8)31-10)23-9(7,13)29-38(21)33-15(34-38)4(12-2)14(3)32-35/h17H/t6?,7?,8-,9+,10?,35?,36?,37?/m0/s1. The van der Waals surface area contributed by atoms with Crippen molar-refractivity contribution < 1.29 is 82.7 Å². The van der Waals surface area contributed by atoms with Crippen LogP contribution in [0.3, 0.4) is 0 Å². The lowest BCUT2D eigenvalue weighted by Crippen LogP contribution is -2.72. The zero-order valence-electron chi connectivity index (χ0n) is 16.8. The molecular formula is C10HN5O19P4. The lowest BCUT2D eigenvalue weighted by Gasteiger charge is -2.44. The third-order valence-corrected chi connectivity index (χ3v) is 11.9. The van der Waals surface area contributed by atoms with Crippen molar-refractivity contribution in [2.75, 3.05) is 5.23 Å². The van der Waals surface area contributed by atoms with Crippen molar-refractivity contribution in [3.8, 4) is 6.01 Å². The summed E-state index contributed by atoms with van der Waals surface area (Å²) >= 11 is 0. The van der Waals surface area contributed by atoms with Gasteiger partial charge in [0.2, 0.25) is 0 Å². The topological polar surface area (TPSA) is 264 Å². The van der Waals surface area contributed by atoms with E-state index in [-0.39, 0.29) is 0 Å². The van der Waals surface area contributed by atoms with E-state index in [2.05, 4.69) is 9.97 Å². The van der Waals surface area contributed by atoms with Crippen molar-refractivity contribution in [3.05, 3.63) is 10.4 Å². The van der Waals surface area contributed by atoms with Gasteiger partial charge in [0.15, 0.2) is 11.2 Å². The van der Waals surface area contributed by atoms with Crippen LogP contribution in [0.15, 0.2) is 4.79 Å². The van der Waals surface area contributed by atoms with Crippen LogP contribution in [0.25, 0.3) is 11.2 Å². The smallest absolute Gasteiger partial charge is 0.359 e. The second-order valence-corrected chi connectivity index (χ2v) is 14.4. The predicted octanol–water partition coefficient (Wildman–Crippen LogP) is -0.881. The molecule has 1 N–H and O–H groups in total. The lowest BCUT2D eigenvalue weighted by molar-refractivity contribution is -0.468. The van der Waals surface area contributed by atoms with E-state index in [4.69, 9.17) is 59.3 Å². The Morgan fingerprint density at radius 3 is 2.11 bits per heavy atom. The van der Waals surface area contributed by atoms with Crippen LogP contribution in [0.2, 0.25) is 0 Å². The van der Waals surface area contributed by atoms with Crippen molar-refractivity contribution in [2.24, 2.45) is 0 Å². The van der Waals surface area contributed by atoms with E-state index in [9.17, 15) is 28.2 Å². The summed E-state index contributed by atoms with van der Waals surface area (Å²) in [5, 5.41) is 11.4. The summed E-state index contributed by atoms with van der Waals surface area (Å²) in [4.78, 5) is 20.5. The number of imidazole rings is 1. The predicted molar refractivity (Wildman–Crippen MR) is 95.0 cm³/mol. The molecule has 14 rings (SSSR count). The van der Waals surface area contributed by atoms with Crippen LogP contribution in [0.1, 0.15) is 0 Å². The molecular weight excluding hydrogens is 618 g/mol. The fourth-order valence-corrected chi connectivity index (χ4v) is 11.3. The molecule has 8 saturated heterocycles. The molecule has 12 aliphatic rings. The molecule has 0 saturated carbocycles. The van der Waals surface area contributed by atoms with Crippen LogP contribution in [0, 0.1) is 0 Å². The molecule has 28 heteroatoms. The number of rotatable bonds is 0. The highest BCUT2D eigenvalue weighted by atomic mass is 31.2. The molecule has 0 amide bonds. The zero-order valence-corrected chi connectivity index (χ0v) is 20.4. The number of nitrogens with zero attached hydrogens (tertiary/aromatic N) is 5. The maximum absolute atomic E-state index is 14.0. The number of aliphatic hydroxyl groups is 1. The molecule has 4 spiro atoms. The summed E-state index contributed by atoms with van der Waals surface area (Å²) in [6, 6.07) is -0.839. The van der Waals surface area contributed by atoms with Crippen molar-refractivity contribution >= 4 is 48.4 Å². The minimum Gasteiger partial charge on any atom is -0.359 e. The van der Waals surface area contributed by atoms with Crippen LogP contribution < -0.4 is 19.9 Å². The Labute approximate surface area is 201 Å². The quantitative estimate of drug-likeness (QED) is 0.351. The van der Waals surface area contributed by atoms with Gasteiger partial charge in [0.05, 0.1) is 0 Å². The molecule has 38 heavy (non-hydrogen) atoms. The fraction of sp³-hybridized carbons (Fsp3) is 0.500. The van der Waals surface area contributed by atoms with Gasteiger partial charge in [0.1, 0.15) is 0 Å². The molecule has 2 unspecified atom stereocenters. The van der Waals surface area contributed by atoms with Crippen LogP contribution in [0.5, 0.6) is 6.01 Å². The number of phosphoric acid groups is 4. The minimum atomic E-state index is -5.20. The Balaban J connectivity index is 1.36. The van der Waals surface area contributed by atoms with Gasteiger partial charge >= 0.3 is 72.1 Å². The third kappa shape index (κ3) is 1.67. The first-order valence-corrected chi connectivity index (χ1v) is 15.7. The first kappa shape index (κ1) is 21.0. The van der Waals surface area contributed by atoms with E-state index < -0.39 is 89.2 Å². The van der Waals surface area contributed by atoms with Crippen molar-refractivity contribution in [1.82, 2.24) is 19.3 Å². The molecule has 12 aliphatic heterocycles. The van der Waals surface area contributed by atoms with E-state index in [1.54, 1.807) is 0 Å². The summed E-state index contributed by atoms with van der Waals surface area (Å²) < 4.78 is 124. The molecule has 200 valence electrons. The Morgan fingerprint density at radius 2 is 1.39 bits per heavy atom. The highest BCUT2D eigenvalue weighted by molar-refractivity contribution is 7.51. The van der Waals surface area contributed by atoms with Crippen molar-refractivity contribution in [2.45, 2.75) is 29.2 Å². The van der Waals surface area contributed by atoms with Gasteiger partial charge in [-0.25, -0.2) is 59.0 Å². The van der Waals surface area contributed by atoms with Gasteiger partial charge in [-0.15, -0.1) is 14.0 Å². The molecule has 0 aliphatic carbocycles. The Hall–Kier alpha value is -1.81. The Bertz CT molecular complexity index is 1920. The minimum absolute atomic E-state index is 0.303. The van der Waals surface area contributed by atoms with Crippen LogP contribution in [-0.4, -0.2) is 47.7 Å². The molecule has 0 radical (unpaired) electrons. The summed E-state index contributed by atoms with van der Waals surface area (Å²) in [6.45, 7) is 0. The second kappa shape index (κ2) is 4.95. The van der Waals surface area contributed by atoms with E-state index in [0.29, 0.717) is 14.5 Å². The van der Waals surface area contributed by atoms with Gasteiger partial charge in [0, 0.05) is 0 Å². The van der Waals surface area contributed by atoms with Gasteiger partial charge < -0.3 is 9.63 Å². The SMILES string of the molecule is O=c1nc2n3c4c1nc1n4[C@]4(O[C@]5(OP6(=O)OC5(O)O6)C56OP(=O)(OC54OP(=O)(O1)O3)O6)OP1(=O)ON2O1. The van der Waals surface area contributed by atoms with Crippen molar-refractivity contribution in [3.63, 3.8) is 0 Å². The van der Waals surface area contributed by atoms with E-state index >= 15 is 0 Å². The highest BCUT2D eigenvalue weighted by Gasteiger charge is 3.10. The maximum atomic E-state index is 14.0. The van der Waals surface area contributed by atoms with Gasteiger partial charge in [-0.2, -0.15) is 9.97 Å². The molecule has 14 heterocycles. The highest BCUT2D eigenvalue weighted by Crippen LogP contribution is 2.95. The first-order valence-electron chi connectivity index (χ1n) is 9.88. The third-order valence-electron chi connectivity index (χ3n) is 6.67. The molecule has 2 aromatic rings. The second-order valence-electron chi connectivity index (χ2n) is 8.64. The lowest BCUT2D eigenvalue weighted by atomic mass is 9.95. The number of ether oxygens (including phenoxy) is 1. The number of anilines is 1. The summed E-state index contributed by atoms with van der Waals surface area (Å²) in [5.74, 6) is -16.7. The van der Waals surface area contributed by atoms with E-state index in [1.807, 2.05) is 0 Å². The molecule has 8 fully saturated rings. The average molecular weight is 619 g/mol. The van der Waals surface area contributed by atoms with E-state index in [0.717, 1.165) is 0 Å². The maximum Gasteiger partial charge on any atom is 0.612 e. The monoisotopic (exact) mass is 619 g/mol. The number of aromatic nitrogens is 4. The van der Waals surface area contributed by atoms with Gasteiger partial charge in [-0.1, -0.05) is 5.23 Å². The summed E-state index contributed by atoms with van der Waals surface area (Å²) in [7, 11) is -19.5. The van der Waals surface area contributed by atoms with Gasteiger partial charge in [0.25, 0.3) is 5.95 Å². The van der Waals surface area contributed by atoms with Crippen LogP contribution in [-0.2, 0) is 74.3 Å². The number of hydrogen-bond acceptors (Lipinski definition) is 22. The first-order chi connectivity index (χ1) is 17.7. The number of phosphoric ester groups is 3. The molecule has 2 aromatic heterocycles. The van der Waals surface area contributed by atoms with Crippen LogP contribution in [0.4, 0.5) is 5.95 Å². The Kier molecular flexibility index (Phi) is 2.73. The normalized spacial score (nSPS) is 58.3. The molecule has 0 aromatic carbocycles. The molecule has 24 nitrogen and oxygen atoms in total. The van der Waals surface area contributed by atoms with Gasteiger partial charge in [-0.3, -0.25) is 14.2 Å². The largest absolute Gasteiger partial charge is 0.612 e. The average Bonchev–Trinajstić information content (AvgIpc) is 3.43. The van der Waals surface area contributed by atoms with Crippen molar-refractivity contribution in [1.29, 1.82) is 0 Å². The zero-order chi connectivity index (χ0) is 25.7. The van der Waals surface area contributed by atoms with Gasteiger partial charge in [-0.05, 0) is 0 Å². The summed E-state index contributed by atoms with van der Waals surface area (Å²) in [6.07, 6.45) is 0. The number of fused-ring (bicyclic) bond motifs is 1. The molecule has 12 bridgehead atoms. The van der Waals surface area contributed by atoms with Crippen LogP contribution >= 0.6 is 31.3 Å².